The summed E-state index contributed by atoms with van der Waals surface area (Å²) in [5, 5.41) is 9.73. The predicted octanol–water partition coefficient (Wildman–Crippen LogP) is 3.59. The second-order valence-electron chi connectivity index (χ2n) is 8.45. The van der Waals surface area contributed by atoms with Gasteiger partial charge in [0.2, 0.25) is 5.95 Å². The fourth-order valence-electron chi connectivity index (χ4n) is 4.29. The predicted molar refractivity (Wildman–Crippen MR) is 134 cm³/mol. The topological polar surface area (TPSA) is 74.4 Å². The third-order valence-electron chi connectivity index (χ3n) is 6.11. The molecule has 1 aliphatic heterocycles. The molecule has 0 N–H and O–H groups in total. The Morgan fingerprint density at radius 2 is 1.88 bits per heavy atom. The lowest BCUT2D eigenvalue weighted by atomic mass is 10.2. The molecule has 0 radical (unpaired) electrons. The maximum absolute atomic E-state index is 13.2. The van der Waals surface area contributed by atoms with Gasteiger partial charge in [-0.1, -0.05) is 42.1 Å². The number of hydrogen-bond acceptors (Lipinski definition) is 7. The number of methoxy groups -OCH3 is 1. The van der Waals surface area contributed by atoms with Crippen LogP contribution in [0.15, 0.2) is 41.6 Å². The van der Waals surface area contributed by atoms with Crippen LogP contribution in [0.3, 0.4) is 0 Å². The molecule has 0 atom stereocenters. The molecule has 0 aliphatic carbocycles. The van der Waals surface area contributed by atoms with Crippen molar-refractivity contribution in [2.24, 2.45) is 0 Å². The van der Waals surface area contributed by atoms with Crippen molar-refractivity contribution in [2.75, 3.05) is 50.7 Å². The summed E-state index contributed by atoms with van der Waals surface area (Å²) < 4.78 is 15.0. The number of morpholine rings is 1. The number of hydrogen-bond donors (Lipinski definition) is 0. The van der Waals surface area contributed by atoms with Crippen molar-refractivity contribution in [1.82, 2.24) is 19.3 Å². The Kier molecular flexibility index (Phi) is 8.42. The number of ether oxygens (including phenoxy) is 2. The largest absolute Gasteiger partial charge is 0.385 e. The number of anilines is 1. The zero-order chi connectivity index (χ0) is 23.9. The molecule has 0 unspecified atom stereocenters. The van der Waals surface area contributed by atoms with Crippen LogP contribution >= 0.6 is 11.8 Å². The van der Waals surface area contributed by atoms with Crippen molar-refractivity contribution in [2.45, 2.75) is 38.5 Å². The van der Waals surface area contributed by atoms with Crippen molar-refractivity contribution in [3.63, 3.8) is 0 Å². The van der Waals surface area contributed by atoms with E-state index in [4.69, 9.17) is 9.47 Å². The second-order valence-corrected chi connectivity index (χ2v) is 9.39. The van der Waals surface area contributed by atoms with Crippen LogP contribution in [0.1, 0.15) is 33.7 Å². The van der Waals surface area contributed by atoms with Gasteiger partial charge in [-0.3, -0.25) is 9.36 Å². The van der Waals surface area contributed by atoms with E-state index in [9.17, 15) is 4.79 Å². The number of aromatic nitrogens is 4. The van der Waals surface area contributed by atoms with Gasteiger partial charge in [-0.2, -0.15) is 0 Å². The molecule has 0 saturated carbocycles. The first-order valence-corrected chi connectivity index (χ1v) is 12.7. The molecule has 8 nitrogen and oxygen atoms in total. The van der Waals surface area contributed by atoms with Crippen LogP contribution in [-0.4, -0.2) is 70.9 Å². The van der Waals surface area contributed by atoms with Gasteiger partial charge in [-0.05, 0) is 31.9 Å². The molecule has 182 valence electrons. The summed E-state index contributed by atoms with van der Waals surface area (Å²) in [5.74, 6) is 1.26. The molecule has 1 saturated heterocycles. The Hall–Kier alpha value is -2.62. The number of Topliss-reactive ketones (excluding diaryl/α,β-unsaturated/α-hetero) is 1. The van der Waals surface area contributed by atoms with Gasteiger partial charge in [0, 0.05) is 50.3 Å². The molecule has 3 aromatic rings. The average Bonchev–Trinajstić information content (AvgIpc) is 3.39. The van der Waals surface area contributed by atoms with Crippen LogP contribution in [-0.2, 0) is 22.6 Å². The molecule has 1 aliphatic rings. The van der Waals surface area contributed by atoms with Gasteiger partial charge in [0.05, 0.1) is 25.5 Å². The lowest BCUT2D eigenvalue weighted by molar-refractivity contribution is 0.102. The van der Waals surface area contributed by atoms with Crippen LogP contribution in [0.4, 0.5) is 5.95 Å². The van der Waals surface area contributed by atoms with E-state index in [1.54, 1.807) is 7.11 Å². The highest BCUT2D eigenvalue weighted by Gasteiger charge is 2.22. The third kappa shape index (κ3) is 5.71. The molecule has 4 rings (SSSR count). The molecule has 0 amide bonds. The van der Waals surface area contributed by atoms with Gasteiger partial charge in [0.25, 0.3) is 0 Å². The molecule has 34 heavy (non-hydrogen) atoms. The Bertz CT molecular complexity index is 1090. The minimum absolute atomic E-state index is 0.110. The Labute approximate surface area is 205 Å². The number of benzene rings is 1. The molecule has 9 heteroatoms. The zero-order valence-electron chi connectivity index (χ0n) is 20.2. The molecule has 1 fully saturated rings. The summed E-state index contributed by atoms with van der Waals surface area (Å²) in [4.78, 5) is 15.4. The fraction of sp³-hybridized carbons (Fsp3) is 0.480. The molecule has 0 bridgehead atoms. The highest BCUT2D eigenvalue weighted by molar-refractivity contribution is 7.99. The molecule has 2 aromatic heterocycles. The van der Waals surface area contributed by atoms with Crippen LogP contribution in [0, 0.1) is 13.8 Å². The third-order valence-corrected chi connectivity index (χ3v) is 7.08. The van der Waals surface area contributed by atoms with Gasteiger partial charge >= 0.3 is 0 Å². The molecule has 0 spiro atoms. The number of rotatable bonds is 11. The maximum Gasteiger partial charge on any atom is 0.228 e. The summed E-state index contributed by atoms with van der Waals surface area (Å²) in [6.45, 7) is 9.21. The summed E-state index contributed by atoms with van der Waals surface area (Å²) >= 11 is 1.45. The Morgan fingerprint density at radius 1 is 1.12 bits per heavy atom. The van der Waals surface area contributed by atoms with E-state index in [1.807, 2.05) is 31.2 Å². The van der Waals surface area contributed by atoms with Gasteiger partial charge in [0.15, 0.2) is 10.9 Å². The number of thioether (sulfide) groups is 1. The molecular formula is C25H33N5O3S. The lowest BCUT2D eigenvalue weighted by Crippen LogP contribution is -2.38. The Balaban J connectivity index is 1.50. The number of carbonyl (C=O) groups excluding carboxylic acids is 1. The van der Waals surface area contributed by atoms with E-state index < -0.39 is 0 Å². The van der Waals surface area contributed by atoms with Crippen molar-refractivity contribution in [3.8, 4) is 0 Å². The Morgan fingerprint density at radius 3 is 2.62 bits per heavy atom. The van der Waals surface area contributed by atoms with E-state index in [-0.39, 0.29) is 5.78 Å². The van der Waals surface area contributed by atoms with Gasteiger partial charge in [-0.25, -0.2) is 0 Å². The van der Waals surface area contributed by atoms with Crippen molar-refractivity contribution < 1.29 is 14.3 Å². The maximum atomic E-state index is 13.2. The summed E-state index contributed by atoms with van der Waals surface area (Å²) in [7, 11) is 1.71. The summed E-state index contributed by atoms with van der Waals surface area (Å²) in [5.41, 5.74) is 4.07. The average molecular weight is 484 g/mol. The summed E-state index contributed by atoms with van der Waals surface area (Å²) in [6, 6.07) is 12.3. The van der Waals surface area contributed by atoms with Crippen LogP contribution in [0.25, 0.3) is 0 Å². The van der Waals surface area contributed by atoms with E-state index >= 15 is 0 Å². The smallest absolute Gasteiger partial charge is 0.228 e. The van der Waals surface area contributed by atoms with Crippen molar-refractivity contribution in [1.29, 1.82) is 0 Å². The van der Waals surface area contributed by atoms with Crippen molar-refractivity contribution >= 4 is 23.5 Å². The van der Waals surface area contributed by atoms with E-state index in [0.717, 1.165) is 54.1 Å². The normalized spacial score (nSPS) is 14.0. The lowest BCUT2D eigenvalue weighted by Gasteiger charge is -2.28. The molecular weight excluding hydrogens is 450 g/mol. The van der Waals surface area contributed by atoms with Crippen LogP contribution in [0.2, 0.25) is 0 Å². The van der Waals surface area contributed by atoms with Gasteiger partial charge in [-0.15, -0.1) is 10.2 Å². The van der Waals surface area contributed by atoms with Crippen molar-refractivity contribution in [3.05, 3.63) is 58.9 Å². The zero-order valence-corrected chi connectivity index (χ0v) is 21.0. The number of ketones is 1. The highest BCUT2D eigenvalue weighted by atomic mass is 32.2. The second kappa shape index (κ2) is 11.7. The first kappa shape index (κ1) is 24.5. The highest BCUT2D eigenvalue weighted by Crippen LogP contribution is 2.26. The monoisotopic (exact) mass is 483 g/mol. The minimum Gasteiger partial charge on any atom is -0.385 e. The van der Waals surface area contributed by atoms with Gasteiger partial charge < -0.3 is 18.9 Å². The van der Waals surface area contributed by atoms with E-state index in [0.29, 0.717) is 32.1 Å². The standard InChI is InChI=1S/C25H33N5O3S/c1-19-16-22(20(2)29(19)10-7-13-32-3)23(31)18-34-25-27-26-24(28-11-14-33-15-12-28)30(25)17-21-8-5-4-6-9-21/h4-6,8-9,16H,7,10-15,17-18H2,1-3H3. The number of nitrogens with zero attached hydrogens (tertiary/aromatic N) is 5. The fourth-order valence-corrected chi connectivity index (χ4v) is 5.11. The van der Waals surface area contributed by atoms with E-state index in [2.05, 4.69) is 43.3 Å². The van der Waals surface area contributed by atoms with E-state index in [1.165, 1.54) is 17.3 Å². The first-order chi connectivity index (χ1) is 16.6. The number of aryl methyl sites for hydroxylation is 1. The van der Waals surface area contributed by atoms with Gasteiger partial charge in [0.1, 0.15) is 0 Å². The first-order valence-electron chi connectivity index (χ1n) is 11.7. The van der Waals surface area contributed by atoms with Crippen LogP contribution in [0.5, 0.6) is 0 Å². The quantitative estimate of drug-likeness (QED) is 0.234. The van der Waals surface area contributed by atoms with Crippen LogP contribution < -0.4 is 4.90 Å². The molecule has 1 aromatic carbocycles. The minimum atomic E-state index is 0.110. The molecule has 3 heterocycles. The SMILES string of the molecule is COCCCn1c(C)cc(C(=O)CSc2nnc(N3CCOCC3)n2Cc2ccccc2)c1C. The summed E-state index contributed by atoms with van der Waals surface area (Å²) in [6.07, 6.45) is 0.919. The number of carbonyl (C=O) groups is 1.